The van der Waals surface area contributed by atoms with Crippen molar-refractivity contribution in [2.45, 2.75) is 25.8 Å². The fourth-order valence-corrected chi connectivity index (χ4v) is 8.55. The Morgan fingerprint density at radius 3 is 2.12 bits per heavy atom. The van der Waals surface area contributed by atoms with Crippen molar-refractivity contribution in [2.24, 2.45) is 11.1 Å². The van der Waals surface area contributed by atoms with E-state index in [1.165, 1.54) is 0 Å². The molecule has 0 saturated carbocycles. The van der Waals surface area contributed by atoms with Crippen molar-refractivity contribution < 1.29 is 19.2 Å². The fraction of sp³-hybridized carbons (Fsp3) is 0.222. The first-order valence-corrected chi connectivity index (χ1v) is 19.7. The maximum absolute atomic E-state index is 13.9. The summed E-state index contributed by atoms with van der Waals surface area (Å²) in [5.41, 5.74) is 9.48. The number of rotatable bonds is 8. The third-order valence-corrected chi connectivity index (χ3v) is 11.4. The van der Waals surface area contributed by atoms with Gasteiger partial charge in [-0.05, 0) is 64.1 Å². The Balaban J connectivity index is 0.988. The number of carbonyl (C=O) groups is 2. The molecule has 0 spiro atoms. The number of hydrogen-bond donors (Lipinski definition) is 1. The van der Waals surface area contributed by atoms with Crippen LogP contribution in [0.2, 0.25) is 0 Å². The van der Waals surface area contributed by atoms with E-state index in [4.69, 9.17) is 14.6 Å². The van der Waals surface area contributed by atoms with Gasteiger partial charge >= 0.3 is 12.1 Å². The minimum Gasteiger partial charge on any atom is -0.449 e. The SMILES string of the molecule is CC(C)C(NC(=O)OCC1c2ccccc2-c2ccccc21)C(=O)O/N=C1\c2ccccc2-c2c1c(N1CCN(c3ccccn3)CC1)nc1ccc(Br)cc21. The zero-order chi connectivity index (χ0) is 38.3. The molecule has 2 aromatic heterocycles. The molecule has 11 heteroatoms. The molecule has 1 unspecified atom stereocenters. The largest absolute Gasteiger partial charge is 0.449 e. The highest BCUT2D eigenvalue weighted by atomic mass is 79.9. The normalized spacial score (nSPS) is 15.7. The van der Waals surface area contributed by atoms with Crippen LogP contribution in [0, 0.1) is 5.92 Å². The molecule has 1 aliphatic heterocycles. The van der Waals surface area contributed by atoms with Gasteiger partial charge in [0.2, 0.25) is 0 Å². The lowest BCUT2D eigenvalue weighted by Gasteiger charge is -2.37. The number of fused-ring (bicyclic) bond motifs is 8. The number of halogens is 1. The van der Waals surface area contributed by atoms with Crippen LogP contribution in [0.3, 0.4) is 0 Å². The lowest BCUT2D eigenvalue weighted by atomic mass is 9.98. The zero-order valence-corrected chi connectivity index (χ0v) is 32.6. The molecular weight excluding hydrogens is 768 g/mol. The molecule has 1 N–H and O–H groups in total. The standard InChI is InChI=1S/C45H39BrN6O4/c1-27(2)41(49-45(54)55-26-36-31-13-5-3-11-29(31)30-12-4-6-14-32(30)36)44(53)56-50-42-34-16-8-7-15-33(34)39-35-25-28(46)18-19-37(35)48-43(40(39)42)52-23-21-51(22-24-52)38-17-9-10-20-47-38/h3-20,25,27,36,41H,21-24,26H2,1-2H3,(H,49,54)/b50-42+. The number of hydrogen-bond acceptors (Lipinski definition) is 9. The Morgan fingerprint density at radius 2 is 1.45 bits per heavy atom. The van der Waals surface area contributed by atoms with Crippen molar-refractivity contribution >= 4 is 56.2 Å². The van der Waals surface area contributed by atoms with Crippen molar-refractivity contribution in [3.05, 3.63) is 142 Å². The van der Waals surface area contributed by atoms with E-state index in [1.54, 1.807) is 0 Å². The van der Waals surface area contributed by atoms with Crippen LogP contribution in [0.25, 0.3) is 33.2 Å². The number of amides is 1. The third kappa shape index (κ3) is 6.45. The van der Waals surface area contributed by atoms with Crippen LogP contribution in [0.5, 0.6) is 0 Å². The summed E-state index contributed by atoms with van der Waals surface area (Å²) in [6.45, 7) is 6.77. The third-order valence-electron chi connectivity index (χ3n) is 10.9. The maximum atomic E-state index is 13.9. The number of alkyl carbamates (subject to hydrolysis) is 1. The Kier molecular flexibility index (Phi) is 9.46. The zero-order valence-electron chi connectivity index (χ0n) is 31.0. The number of piperazine rings is 1. The first-order valence-electron chi connectivity index (χ1n) is 18.9. The van der Waals surface area contributed by atoms with Gasteiger partial charge in [0.25, 0.3) is 0 Å². The quantitative estimate of drug-likeness (QED) is 0.120. The van der Waals surface area contributed by atoms with Gasteiger partial charge in [-0.25, -0.2) is 19.6 Å². The number of carbonyl (C=O) groups excluding carboxylic acids is 2. The number of aromatic nitrogens is 2. The molecule has 0 bridgehead atoms. The van der Waals surface area contributed by atoms with Gasteiger partial charge in [-0.15, -0.1) is 0 Å². The lowest BCUT2D eigenvalue weighted by Crippen LogP contribution is -2.47. The summed E-state index contributed by atoms with van der Waals surface area (Å²) in [5, 5.41) is 8.34. The number of nitrogens with one attached hydrogen (secondary N) is 1. The molecule has 1 saturated heterocycles. The highest BCUT2D eigenvalue weighted by molar-refractivity contribution is 9.10. The van der Waals surface area contributed by atoms with Crippen LogP contribution in [0.15, 0.2) is 125 Å². The molecule has 1 amide bonds. The van der Waals surface area contributed by atoms with Crippen molar-refractivity contribution in [3.8, 4) is 22.3 Å². The summed E-state index contributed by atoms with van der Waals surface area (Å²) in [7, 11) is 0. The monoisotopic (exact) mass is 806 g/mol. The van der Waals surface area contributed by atoms with Crippen molar-refractivity contribution in [1.82, 2.24) is 15.3 Å². The summed E-state index contributed by atoms with van der Waals surface area (Å²) >= 11 is 3.67. The second-order valence-electron chi connectivity index (χ2n) is 14.6. The van der Waals surface area contributed by atoms with E-state index >= 15 is 0 Å². The van der Waals surface area contributed by atoms with Crippen LogP contribution >= 0.6 is 15.9 Å². The molecule has 1 atom stereocenters. The first kappa shape index (κ1) is 35.6. The highest BCUT2D eigenvalue weighted by Crippen LogP contribution is 2.47. The first-order chi connectivity index (χ1) is 27.4. The van der Waals surface area contributed by atoms with Crippen molar-refractivity contribution in [1.29, 1.82) is 0 Å². The van der Waals surface area contributed by atoms with Crippen molar-refractivity contribution in [3.63, 3.8) is 0 Å². The van der Waals surface area contributed by atoms with Gasteiger partial charge in [0.1, 0.15) is 30.0 Å². The molecule has 2 aliphatic carbocycles. The molecule has 6 aromatic rings. The smallest absolute Gasteiger partial charge is 0.407 e. The minimum atomic E-state index is -1.00. The van der Waals surface area contributed by atoms with E-state index in [2.05, 4.69) is 77.6 Å². The molecule has 0 radical (unpaired) electrons. The van der Waals surface area contributed by atoms with E-state index in [9.17, 15) is 9.59 Å². The number of ether oxygens (including phenoxy) is 1. The van der Waals surface area contributed by atoms with Gasteiger partial charge < -0.3 is 24.7 Å². The minimum absolute atomic E-state index is 0.107. The second kappa shape index (κ2) is 14.9. The topological polar surface area (TPSA) is 109 Å². The summed E-state index contributed by atoms with van der Waals surface area (Å²) in [6, 6.07) is 35.4. The molecule has 3 heterocycles. The summed E-state index contributed by atoms with van der Waals surface area (Å²) < 4.78 is 6.72. The Labute approximate surface area is 333 Å². The average Bonchev–Trinajstić information content (AvgIpc) is 3.74. The molecule has 1 fully saturated rings. The predicted molar refractivity (Wildman–Crippen MR) is 222 cm³/mol. The van der Waals surface area contributed by atoms with Gasteiger partial charge in [0.15, 0.2) is 0 Å². The molecule has 4 aromatic carbocycles. The van der Waals surface area contributed by atoms with Gasteiger partial charge in [0, 0.05) is 59.3 Å². The molecule has 280 valence electrons. The number of benzene rings is 4. The highest BCUT2D eigenvalue weighted by Gasteiger charge is 2.36. The van der Waals surface area contributed by atoms with E-state index in [0.717, 1.165) is 84.6 Å². The average molecular weight is 808 g/mol. The van der Waals surface area contributed by atoms with Crippen LogP contribution in [-0.2, 0) is 14.4 Å². The second-order valence-corrected chi connectivity index (χ2v) is 15.5. The van der Waals surface area contributed by atoms with Crippen LogP contribution in [0.1, 0.15) is 42.0 Å². The predicted octanol–water partition coefficient (Wildman–Crippen LogP) is 8.56. The van der Waals surface area contributed by atoms with E-state index in [-0.39, 0.29) is 18.4 Å². The Bertz CT molecular complexity index is 2470. The van der Waals surface area contributed by atoms with Crippen molar-refractivity contribution in [2.75, 3.05) is 42.6 Å². The Hall–Kier alpha value is -6.07. The number of nitrogens with zero attached hydrogens (tertiary/aromatic N) is 5. The number of oxime groups is 1. The molecule has 56 heavy (non-hydrogen) atoms. The van der Waals surface area contributed by atoms with Gasteiger partial charge in [0.05, 0.1) is 11.1 Å². The van der Waals surface area contributed by atoms with E-state index in [1.807, 2.05) is 92.8 Å². The fourth-order valence-electron chi connectivity index (χ4n) is 8.19. The molecule has 3 aliphatic rings. The van der Waals surface area contributed by atoms with Crippen LogP contribution in [0.4, 0.5) is 16.4 Å². The van der Waals surface area contributed by atoms with E-state index < -0.39 is 18.1 Å². The number of pyridine rings is 2. The number of anilines is 2. The molecular formula is C45H39BrN6O4. The summed E-state index contributed by atoms with van der Waals surface area (Å²) in [6.07, 6.45) is 1.12. The van der Waals surface area contributed by atoms with E-state index in [0.29, 0.717) is 18.8 Å². The molecule has 9 rings (SSSR count). The maximum Gasteiger partial charge on any atom is 0.407 e. The van der Waals surface area contributed by atoms with Crippen LogP contribution < -0.4 is 15.1 Å². The Morgan fingerprint density at radius 1 is 0.804 bits per heavy atom. The van der Waals surface area contributed by atoms with Gasteiger partial charge in [-0.2, -0.15) is 0 Å². The summed E-state index contributed by atoms with van der Waals surface area (Å²) in [5.74, 6) is 0.624. The van der Waals surface area contributed by atoms with Gasteiger partial charge in [-0.3, -0.25) is 0 Å². The van der Waals surface area contributed by atoms with Crippen LogP contribution in [-0.4, -0.2) is 66.6 Å². The lowest BCUT2D eigenvalue weighted by molar-refractivity contribution is -0.147. The van der Waals surface area contributed by atoms with Gasteiger partial charge in [-0.1, -0.05) is 114 Å². The molecule has 10 nitrogen and oxygen atoms in total. The summed E-state index contributed by atoms with van der Waals surface area (Å²) in [4.78, 5) is 47.3.